The molecule has 0 unspecified atom stereocenters. The molecule has 1 amide bonds. The summed E-state index contributed by atoms with van der Waals surface area (Å²) in [7, 11) is 0. The topological polar surface area (TPSA) is 35.6 Å². The Bertz CT molecular complexity index is 616. The van der Waals surface area contributed by atoms with Crippen molar-refractivity contribution in [3.8, 4) is 0 Å². The lowest BCUT2D eigenvalue weighted by Gasteiger charge is -2.35. The van der Waals surface area contributed by atoms with Crippen LogP contribution >= 0.6 is 11.3 Å². The number of amides is 1. The van der Waals surface area contributed by atoms with Crippen LogP contribution in [0, 0.1) is 0 Å². The quantitative estimate of drug-likeness (QED) is 0.916. The Morgan fingerprint density at radius 2 is 1.87 bits per heavy atom. The molecular formula is C18H23N3OS. The first-order valence-electron chi connectivity index (χ1n) is 8.13. The number of nitrogens with zero attached hydrogens (tertiary/aromatic N) is 2. The van der Waals surface area contributed by atoms with Gasteiger partial charge in [0.25, 0.3) is 0 Å². The van der Waals surface area contributed by atoms with Gasteiger partial charge in [-0.2, -0.15) is 11.3 Å². The fourth-order valence-corrected chi connectivity index (χ4v) is 3.53. The van der Waals surface area contributed by atoms with Gasteiger partial charge in [0.15, 0.2) is 0 Å². The highest BCUT2D eigenvalue weighted by Crippen LogP contribution is 2.20. The van der Waals surface area contributed by atoms with E-state index in [2.05, 4.69) is 34.2 Å². The lowest BCUT2D eigenvalue weighted by atomic mass is 10.2. The van der Waals surface area contributed by atoms with Crippen molar-refractivity contribution in [2.45, 2.75) is 13.3 Å². The number of carbonyl (C=O) groups is 1. The molecule has 2 aromatic rings. The summed E-state index contributed by atoms with van der Waals surface area (Å²) in [5.74, 6) is 0.0349. The van der Waals surface area contributed by atoms with Crippen molar-refractivity contribution < 1.29 is 4.79 Å². The number of anilines is 2. The van der Waals surface area contributed by atoms with E-state index in [1.807, 2.05) is 29.0 Å². The molecule has 122 valence electrons. The summed E-state index contributed by atoms with van der Waals surface area (Å²) in [6.45, 7) is 7.72. The number of hydrogen-bond donors (Lipinski definition) is 1. The van der Waals surface area contributed by atoms with Crippen LogP contribution in [0.2, 0.25) is 0 Å². The molecule has 1 saturated heterocycles. The zero-order chi connectivity index (χ0) is 16.1. The van der Waals surface area contributed by atoms with Gasteiger partial charge in [0.05, 0.1) is 6.42 Å². The maximum absolute atomic E-state index is 12.0. The molecule has 0 saturated carbocycles. The molecule has 0 atom stereocenters. The van der Waals surface area contributed by atoms with Crippen molar-refractivity contribution in [3.63, 3.8) is 0 Å². The van der Waals surface area contributed by atoms with Gasteiger partial charge in [-0.05, 0) is 53.2 Å². The highest BCUT2D eigenvalue weighted by Gasteiger charge is 2.15. The maximum atomic E-state index is 12.0. The van der Waals surface area contributed by atoms with Crippen LogP contribution in [0.25, 0.3) is 0 Å². The molecule has 1 N–H and O–H groups in total. The zero-order valence-corrected chi connectivity index (χ0v) is 14.3. The molecule has 0 spiro atoms. The van der Waals surface area contributed by atoms with Crippen LogP contribution in [0.1, 0.15) is 12.5 Å². The molecule has 0 aliphatic carbocycles. The standard InChI is InChI=1S/C18H23N3OS/c1-2-20-8-10-21(11-9-20)17-5-3-16(4-6-17)19-18(22)13-15-7-12-23-14-15/h3-7,12,14H,2,8-11,13H2,1H3,(H,19,22). The van der Waals surface area contributed by atoms with Crippen LogP contribution in [-0.4, -0.2) is 43.5 Å². The van der Waals surface area contributed by atoms with E-state index in [1.165, 1.54) is 5.69 Å². The summed E-state index contributed by atoms with van der Waals surface area (Å²) in [5, 5.41) is 6.97. The Morgan fingerprint density at radius 3 is 2.48 bits per heavy atom. The van der Waals surface area contributed by atoms with Crippen LogP contribution in [0.3, 0.4) is 0 Å². The number of thiophene rings is 1. The van der Waals surface area contributed by atoms with Crippen molar-refractivity contribution in [1.29, 1.82) is 0 Å². The van der Waals surface area contributed by atoms with Crippen molar-refractivity contribution in [2.24, 2.45) is 0 Å². The molecule has 23 heavy (non-hydrogen) atoms. The average molecular weight is 329 g/mol. The zero-order valence-electron chi connectivity index (χ0n) is 13.5. The van der Waals surface area contributed by atoms with E-state index in [9.17, 15) is 4.79 Å². The maximum Gasteiger partial charge on any atom is 0.228 e. The number of rotatable bonds is 5. The first kappa shape index (κ1) is 16.0. The molecular weight excluding hydrogens is 306 g/mol. The van der Waals surface area contributed by atoms with Gasteiger partial charge >= 0.3 is 0 Å². The summed E-state index contributed by atoms with van der Waals surface area (Å²) in [4.78, 5) is 16.9. The minimum atomic E-state index is 0.0349. The molecule has 1 aromatic heterocycles. The normalized spacial score (nSPS) is 15.6. The Labute approximate surface area is 141 Å². The molecule has 1 aromatic carbocycles. The van der Waals surface area contributed by atoms with E-state index in [1.54, 1.807) is 11.3 Å². The van der Waals surface area contributed by atoms with Gasteiger partial charge in [-0.3, -0.25) is 4.79 Å². The minimum Gasteiger partial charge on any atom is -0.369 e. The molecule has 0 bridgehead atoms. The summed E-state index contributed by atoms with van der Waals surface area (Å²) >= 11 is 1.62. The van der Waals surface area contributed by atoms with Crippen molar-refractivity contribution in [1.82, 2.24) is 4.90 Å². The second-order valence-electron chi connectivity index (χ2n) is 5.82. The fraction of sp³-hybridized carbons (Fsp3) is 0.389. The number of piperazine rings is 1. The van der Waals surface area contributed by atoms with Gasteiger partial charge in [-0.25, -0.2) is 0 Å². The third-order valence-electron chi connectivity index (χ3n) is 4.28. The minimum absolute atomic E-state index is 0.0349. The van der Waals surface area contributed by atoms with Gasteiger partial charge in [-0.15, -0.1) is 0 Å². The number of likely N-dealkylation sites (N-methyl/N-ethyl adjacent to an activating group) is 1. The Balaban J connectivity index is 1.54. The predicted molar refractivity (Wildman–Crippen MR) is 97.4 cm³/mol. The second kappa shape index (κ2) is 7.62. The van der Waals surface area contributed by atoms with E-state index < -0.39 is 0 Å². The summed E-state index contributed by atoms with van der Waals surface area (Å²) in [6, 6.07) is 10.2. The summed E-state index contributed by atoms with van der Waals surface area (Å²) in [6.07, 6.45) is 0.435. The molecule has 4 nitrogen and oxygen atoms in total. The van der Waals surface area contributed by atoms with Crippen LogP contribution in [0.5, 0.6) is 0 Å². The van der Waals surface area contributed by atoms with Crippen molar-refractivity contribution >= 4 is 28.6 Å². The summed E-state index contributed by atoms with van der Waals surface area (Å²) in [5.41, 5.74) is 3.16. The Morgan fingerprint density at radius 1 is 1.13 bits per heavy atom. The van der Waals surface area contributed by atoms with Crippen LogP contribution in [-0.2, 0) is 11.2 Å². The first-order valence-corrected chi connectivity index (χ1v) is 9.07. The number of carbonyl (C=O) groups excluding carboxylic acids is 1. The molecule has 2 heterocycles. The molecule has 1 aliphatic rings. The number of hydrogen-bond acceptors (Lipinski definition) is 4. The molecule has 1 fully saturated rings. The van der Waals surface area contributed by atoms with Gasteiger partial charge in [0.2, 0.25) is 5.91 Å². The van der Waals surface area contributed by atoms with E-state index in [0.29, 0.717) is 6.42 Å². The molecule has 5 heteroatoms. The highest BCUT2D eigenvalue weighted by molar-refractivity contribution is 7.08. The molecule has 0 radical (unpaired) electrons. The lowest BCUT2D eigenvalue weighted by Crippen LogP contribution is -2.46. The first-order chi connectivity index (χ1) is 11.2. The van der Waals surface area contributed by atoms with E-state index in [-0.39, 0.29) is 5.91 Å². The van der Waals surface area contributed by atoms with E-state index >= 15 is 0 Å². The van der Waals surface area contributed by atoms with Crippen molar-refractivity contribution in [3.05, 3.63) is 46.7 Å². The van der Waals surface area contributed by atoms with E-state index in [4.69, 9.17) is 0 Å². The monoisotopic (exact) mass is 329 g/mol. The van der Waals surface area contributed by atoms with Crippen LogP contribution in [0.4, 0.5) is 11.4 Å². The predicted octanol–water partition coefficient (Wildman–Crippen LogP) is 3.07. The third-order valence-corrected chi connectivity index (χ3v) is 5.01. The second-order valence-corrected chi connectivity index (χ2v) is 6.60. The van der Waals surface area contributed by atoms with Crippen LogP contribution in [0.15, 0.2) is 41.1 Å². The van der Waals surface area contributed by atoms with Gasteiger partial charge in [-0.1, -0.05) is 6.92 Å². The molecule has 1 aliphatic heterocycles. The average Bonchev–Trinajstić information content (AvgIpc) is 3.08. The van der Waals surface area contributed by atoms with Gasteiger partial charge < -0.3 is 15.1 Å². The smallest absolute Gasteiger partial charge is 0.228 e. The third kappa shape index (κ3) is 4.33. The van der Waals surface area contributed by atoms with E-state index in [0.717, 1.165) is 44.0 Å². The van der Waals surface area contributed by atoms with Gasteiger partial charge in [0.1, 0.15) is 0 Å². The SMILES string of the molecule is CCN1CCN(c2ccc(NC(=O)Cc3ccsc3)cc2)CC1. The number of nitrogens with one attached hydrogen (secondary N) is 1. The number of benzene rings is 1. The van der Waals surface area contributed by atoms with Crippen LogP contribution < -0.4 is 10.2 Å². The fourth-order valence-electron chi connectivity index (χ4n) is 2.86. The van der Waals surface area contributed by atoms with Gasteiger partial charge in [0, 0.05) is 37.6 Å². The highest BCUT2D eigenvalue weighted by atomic mass is 32.1. The molecule has 3 rings (SSSR count). The summed E-state index contributed by atoms with van der Waals surface area (Å²) < 4.78 is 0. The Hall–Kier alpha value is -1.85. The Kier molecular flexibility index (Phi) is 5.31. The lowest BCUT2D eigenvalue weighted by molar-refractivity contribution is -0.115. The van der Waals surface area contributed by atoms with Crippen molar-refractivity contribution in [2.75, 3.05) is 42.9 Å². The largest absolute Gasteiger partial charge is 0.369 e.